The lowest BCUT2D eigenvalue weighted by Gasteiger charge is -2.00. The number of hydrogen-bond acceptors (Lipinski definition) is 3. The monoisotopic (exact) mass is 183 g/mol. The van der Waals surface area contributed by atoms with Crippen molar-refractivity contribution < 1.29 is 4.79 Å². The van der Waals surface area contributed by atoms with E-state index in [2.05, 4.69) is 15.2 Å². The van der Waals surface area contributed by atoms with Crippen molar-refractivity contribution in [2.75, 3.05) is 0 Å². The summed E-state index contributed by atoms with van der Waals surface area (Å²) in [5.74, 6) is -0.226. The highest BCUT2D eigenvalue weighted by atomic mass is 16.1. The lowest BCUT2D eigenvalue weighted by molar-refractivity contribution is -0.113. The average Bonchev–Trinajstić information content (AvgIpc) is 2.61. The van der Waals surface area contributed by atoms with Crippen LogP contribution in [0, 0.1) is 0 Å². The molecule has 0 atom stereocenters. The highest BCUT2D eigenvalue weighted by Gasteiger charge is 2.07. The minimum atomic E-state index is -0.226. The minimum absolute atomic E-state index is 0.226. The van der Waals surface area contributed by atoms with Crippen LogP contribution in [0.5, 0.6) is 0 Å². The Hall–Kier alpha value is -2.10. The summed E-state index contributed by atoms with van der Waals surface area (Å²) < 4.78 is 0. The summed E-state index contributed by atoms with van der Waals surface area (Å²) in [4.78, 5) is 14.9. The molecular formula is C10H5N3O. The van der Waals surface area contributed by atoms with E-state index in [4.69, 9.17) is 0 Å². The first-order chi connectivity index (χ1) is 6.83. The van der Waals surface area contributed by atoms with E-state index in [9.17, 15) is 4.79 Å². The highest BCUT2D eigenvalue weighted by Crippen LogP contribution is 2.10. The smallest absolute Gasteiger partial charge is 0.267 e. The van der Waals surface area contributed by atoms with E-state index in [0.29, 0.717) is 5.36 Å². The molecule has 0 aromatic heterocycles. The van der Waals surface area contributed by atoms with E-state index in [1.807, 2.05) is 6.07 Å². The van der Waals surface area contributed by atoms with Crippen molar-refractivity contribution >= 4 is 23.9 Å². The van der Waals surface area contributed by atoms with Crippen LogP contribution in [0.25, 0.3) is 12.3 Å². The van der Waals surface area contributed by atoms with Crippen molar-refractivity contribution in [2.45, 2.75) is 0 Å². The van der Waals surface area contributed by atoms with Gasteiger partial charge in [0.25, 0.3) is 5.91 Å². The van der Waals surface area contributed by atoms with Crippen molar-refractivity contribution in [1.82, 2.24) is 0 Å². The van der Waals surface area contributed by atoms with Gasteiger partial charge in [0, 0.05) is 16.9 Å². The zero-order valence-electron chi connectivity index (χ0n) is 7.14. The number of azo groups is 1. The van der Waals surface area contributed by atoms with Crippen LogP contribution in [0.1, 0.15) is 5.56 Å². The fourth-order valence-corrected chi connectivity index (χ4v) is 1.50. The Bertz CT molecular complexity index is 611. The zero-order valence-corrected chi connectivity index (χ0v) is 7.14. The summed E-state index contributed by atoms with van der Waals surface area (Å²) >= 11 is 0. The molecule has 0 fully saturated rings. The van der Waals surface area contributed by atoms with Crippen molar-refractivity contribution in [1.29, 1.82) is 0 Å². The molecule has 0 radical (unpaired) electrons. The van der Waals surface area contributed by atoms with Gasteiger partial charge >= 0.3 is 0 Å². The van der Waals surface area contributed by atoms with E-state index in [-0.39, 0.29) is 5.91 Å². The Morgan fingerprint density at radius 3 is 3.00 bits per heavy atom. The standard InChI is InChI=1S/C10H5N3O/c14-10-2-1-6-3-7-5-11-13-9(7)4-8(6)12-10/h1-5H. The van der Waals surface area contributed by atoms with Gasteiger partial charge in [0.2, 0.25) is 0 Å². The molecule has 0 saturated heterocycles. The largest absolute Gasteiger partial charge is 0.270 e. The van der Waals surface area contributed by atoms with E-state index >= 15 is 0 Å². The molecule has 1 amide bonds. The van der Waals surface area contributed by atoms with Crippen LogP contribution in [0.15, 0.2) is 33.4 Å². The molecule has 0 saturated carbocycles. The molecule has 4 nitrogen and oxygen atoms in total. The number of benzene rings is 1. The minimum Gasteiger partial charge on any atom is -0.267 e. The zero-order chi connectivity index (χ0) is 9.54. The number of nitrogens with zero attached hydrogens (tertiary/aromatic N) is 3. The van der Waals surface area contributed by atoms with Crippen molar-refractivity contribution in [3.05, 3.63) is 34.3 Å². The summed E-state index contributed by atoms with van der Waals surface area (Å²) in [7, 11) is 0. The van der Waals surface area contributed by atoms with E-state index < -0.39 is 0 Å². The molecule has 1 aromatic carbocycles. The van der Waals surface area contributed by atoms with Crippen LogP contribution >= 0.6 is 0 Å². The Morgan fingerprint density at radius 1 is 1.14 bits per heavy atom. The number of rotatable bonds is 0. The molecule has 0 bridgehead atoms. The fraction of sp³-hybridized carbons (Fsp3) is 0. The Balaban J connectivity index is 2.42. The highest BCUT2D eigenvalue weighted by molar-refractivity contribution is 5.94. The fourth-order valence-electron chi connectivity index (χ4n) is 1.50. The molecule has 2 aliphatic rings. The van der Waals surface area contributed by atoms with E-state index in [0.717, 1.165) is 16.5 Å². The van der Waals surface area contributed by atoms with Gasteiger partial charge in [0.15, 0.2) is 0 Å². The molecule has 66 valence electrons. The van der Waals surface area contributed by atoms with Gasteiger partial charge in [-0.15, -0.1) is 0 Å². The molecule has 2 heterocycles. The molecule has 3 rings (SSSR count). The quantitative estimate of drug-likeness (QED) is 0.584. The Kier molecular flexibility index (Phi) is 1.28. The van der Waals surface area contributed by atoms with Gasteiger partial charge in [0.1, 0.15) is 0 Å². The number of carbonyl (C=O) groups excluding carboxylic acids is 1. The Labute approximate surface area is 79.0 Å². The van der Waals surface area contributed by atoms with Gasteiger partial charge in [-0.1, -0.05) is 0 Å². The second-order valence-corrected chi connectivity index (χ2v) is 3.10. The summed E-state index contributed by atoms with van der Waals surface area (Å²) in [5, 5.41) is 9.34. The third-order valence-electron chi connectivity index (χ3n) is 2.17. The van der Waals surface area contributed by atoms with Gasteiger partial charge < -0.3 is 0 Å². The van der Waals surface area contributed by atoms with Crippen LogP contribution in [0.4, 0.5) is 5.69 Å². The van der Waals surface area contributed by atoms with E-state index in [1.165, 1.54) is 6.08 Å². The predicted molar refractivity (Wildman–Crippen MR) is 50.2 cm³/mol. The van der Waals surface area contributed by atoms with Gasteiger partial charge in [0.05, 0.1) is 17.2 Å². The summed E-state index contributed by atoms with van der Waals surface area (Å²) in [5.41, 5.74) is 1.71. The first-order valence-corrected chi connectivity index (χ1v) is 4.19. The number of hydrogen-bond donors (Lipinski definition) is 0. The van der Waals surface area contributed by atoms with Crippen LogP contribution in [-0.2, 0) is 4.79 Å². The molecule has 0 spiro atoms. The van der Waals surface area contributed by atoms with Crippen LogP contribution in [-0.4, -0.2) is 5.91 Å². The number of fused-ring (bicyclic) bond motifs is 2. The summed E-state index contributed by atoms with van der Waals surface area (Å²) in [6.07, 6.45) is 4.91. The lowest BCUT2D eigenvalue weighted by Crippen LogP contribution is -2.16. The van der Waals surface area contributed by atoms with Crippen molar-refractivity contribution in [3.63, 3.8) is 0 Å². The first-order valence-electron chi connectivity index (χ1n) is 4.19. The van der Waals surface area contributed by atoms with Gasteiger partial charge in [-0.25, -0.2) is 4.99 Å². The summed E-state index contributed by atoms with van der Waals surface area (Å²) in [6, 6.07) is 3.70. The maximum absolute atomic E-state index is 11.0. The lowest BCUT2D eigenvalue weighted by atomic mass is 10.1. The maximum atomic E-state index is 11.0. The molecule has 0 aliphatic carbocycles. The van der Waals surface area contributed by atoms with Gasteiger partial charge in [-0.05, 0) is 18.2 Å². The molecule has 14 heavy (non-hydrogen) atoms. The Morgan fingerprint density at radius 2 is 2.07 bits per heavy atom. The maximum Gasteiger partial charge on any atom is 0.270 e. The molecule has 2 aliphatic heterocycles. The van der Waals surface area contributed by atoms with E-state index in [1.54, 1.807) is 18.3 Å². The molecule has 0 N–H and O–H groups in total. The van der Waals surface area contributed by atoms with Crippen LogP contribution in [0.2, 0.25) is 0 Å². The summed E-state index contributed by atoms with van der Waals surface area (Å²) in [6.45, 7) is 0. The normalized spacial score (nSPS) is 15.9. The third kappa shape index (κ3) is 0.939. The predicted octanol–water partition coefficient (Wildman–Crippen LogP) is 0.695. The first kappa shape index (κ1) is 7.32. The van der Waals surface area contributed by atoms with Gasteiger partial charge in [-0.3, -0.25) is 4.79 Å². The third-order valence-corrected chi connectivity index (χ3v) is 2.17. The average molecular weight is 183 g/mol. The van der Waals surface area contributed by atoms with Crippen LogP contribution < -0.4 is 10.6 Å². The van der Waals surface area contributed by atoms with Gasteiger partial charge in [-0.2, -0.15) is 10.2 Å². The molecular weight excluding hydrogens is 178 g/mol. The number of amides is 1. The topological polar surface area (TPSA) is 54.1 Å². The van der Waals surface area contributed by atoms with Crippen molar-refractivity contribution in [2.24, 2.45) is 15.2 Å². The molecule has 0 unspecified atom stereocenters. The SMILES string of the molecule is O=C1C=Cc2cc3c(cc2=N1)N=NC=3. The number of carbonyl (C=O) groups is 1. The molecule has 1 aromatic rings. The van der Waals surface area contributed by atoms with Crippen LogP contribution in [0.3, 0.4) is 0 Å². The second-order valence-electron chi connectivity index (χ2n) is 3.10. The molecule has 4 heteroatoms. The second kappa shape index (κ2) is 2.45. The van der Waals surface area contributed by atoms with Crippen molar-refractivity contribution in [3.8, 4) is 0 Å².